The molecule has 0 aromatic heterocycles. The molecule has 0 fully saturated rings. The van der Waals surface area contributed by atoms with Crippen molar-refractivity contribution in [2.24, 2.45) is 0 Å². The second kappa shape index (κ2) is 4.14. The predicted octanol–water partition coefficient (Wildman–Crippen LogP) is 2.50. The third-order valence-corrected chi connectivity index (χ3v) is 3.18. The molecule has 1 rings (SSSR count). The Bertz CT molecular complexity index is 356. The topological polar surface area (TPSA) is 52.4 Å². The van der Waals surface area contributed by atoms with Crippen LogP contribution in [-0.2, 0) is 0 Å². The molecule has 13 heavy (non-hydrogen) atoms. The van der Waals surface area contributed by atoms with Crippen LogP contribution in [0, 0.1) is 13.7 Å². The molecule has 0 N–H and O–H groups in total. The summed E-state index contributed by atoms with van der Waals surface area (Å²) in [5.41, 5.74) is 0.0130. The van der Waals surface area contributed by atoms with Gasteiger partial charge >= 0.3 is 0 Å². The van der Waals surface area contributed by atoms with Gasteiger partial charge in [0.2, 0.25) is 0 Å². The van der Waals surface area contributed by atoms with Gasteiger partial charge in [-0.25, -0.2) is 0 Å². The molecular formula is C7H6INO3S. The first-order chi connectivity index (χ1) is 6.06. The van der Waals surface area contributed by atoms with Crippen LogP contribution in [0.15, 0.2) is 17.0 Å². The Morgan fingerprint density at radius 2 is 2.23 bits per heavy atom. The molecule has 0 bridgehead atoms. The van der Waals surface area contributed by atoms with Crippen molar-refractivity contribution >= 4 is 40.9 Å². The Morgan fingerprint density at radius 3 is 2.69 bits per heavy atom. The first-order valence-electron chi connectivity index (χ1n) is 3.27. The summed E-state index contributed by atoms with van der Waals surface area (Å²) < 4.78 is 5.63. The van der Waals surface area contributed by atoms with Crippen LogP contribution < -0.4 is 4.74 Å². The van der Waals surface area contributed by atoms with Gasteiger partial charge in [0, 0.05) is 9.64 Å². The van der Waals surface area contributed by atoms with Crippen LogP contribution in [0.25, 0.3) is 0 Å². The third kappa shape index (κ3) is 2.25. The summed E-state index contributed by atoms with van der Waals surface area (Å²) in [5.74, 6) is 0.418. The summed E-state index contributed by atoms with van der Waals surface area (Å²) in [6.45, 7) is 0. The van der Waals surface area contributed by atoms with Crippen LogP contribution in [-0.4, -0.2) is 12.0 Å². The number of hydrogen-bond donors (Lipinski definition) is 1. The molecule has 0 aliphatic rings. The van der Waals surface area contributed by atoms with E-state index in [1.807, 2.05) is 22.6 Å². The van der Waals surface area contributed by atoms with Gasteiger partial charge in [-0.1, -0.05) is 0 Å². The maximum Gasteiger partial charge on any atom is 0.274 e. The summed E-state index contributed by atoms with van der Waals surface area (Å²) in [4.78, 5) is 10.6. The van der Waals surface area contributed by atoms with Crippen LogP contribution in [0.4, 0.5) is 5.69 Å². The Hall–Kier alpha value is -0.500. The maximum absolute atomic E-state index is 10.5. The average Bonchev–Trinajstić information content (AvgIpc) is 2.09. The zero-order valence-corrected chi connectivity index (χ0v) is 9.70. The normalized spacial score (nSPS) is 9.77. The van der Waals surface area contributed by atoms with Gasteiger partial charge in [-0.15, -0.1) is 12.6 Å². The highest BCUT2D eigenvalue weighted by atomic mass is 127. The molecule has 0 aliphatic carbocycles. The SMILES string of the molecule is COc1cc([N+](=O)[O-])cc(I)c1S. The first kappa shape index (κ1) is 10.6. The minimum atomic E-state index is -0.460. The Labute approximate surface area is 94.0 Å². The van der Waals surface area contributed by atoms with Crippen molar-refractivity contribution < 1.29 is 9.66 Å². The Kier molecular flexibility index (Phi) is 3.37. The van der Waals surface area contributed by atoms with Crippen LogP contribution in [0.5, 0.6) is 5.75 Å². The molecule has 0 saturated carbocycles. The van der Waals surface area contributed by atoms with E-state index in [0.717, 1.165) is 0 Å². The zero-order valence-electron chi connectivity index (χ0n) is 6.65. The van der Waals surface area contributed by atoms with Gasteiger partial charge in [-0.05, 0) is 22.6 Å². The quantitative estimate of drug-likeness (QED) is 0.395. The molecule has 1 aromatic rings. The largest absolute Gasteiger partial charge is 0.495 e. The maximum atomic E-state index is 10.5. The summed E-state index contributed by atoms with van der Waals surface area (Å²) in [6, 6.07) is 2.80. The van der Waals surface area contributed by atoms with Crippen molar-refractivity contribution in [3.8, 4) is 5.75 Å². The van der Waals surface area contributed by atoms with E-state index in [4.69, 9.17) is 4.74 Å². The lowest BCUT2D eigenvalue weighted by Crippen LogP contribution is -1.93. The summed E-state index contributed by atoms with van der Waals surface area (Å²) in [7, 11) is 1.45. The molecule has 1 aromatic carbocycles. The number of benzene rings is 1. The summed E-state index contributed by atoms with van der Waals surface area (Å²) >= 11 is 6.12. The fraction of sp³-hybridized carbons (Fsp3) is 0.143. The van der Waals surface area contributed by atoms with Crippen LogP contribution in [0.1, 0.15) is 0 Å². The number of hydrogen-bond acceptors (Lipinski definition) is 4. The number of halogens is 1. The lowest BCUT2D eigenvalue weighted by atomic mass is 10.3. The number of thiol groups is 1. The van der Waals surface area contributed by atoms with Crippen molar-refractivity contribution in [3.05, 3.63) is 25.8 Å². The van der Waals surface area contributed by atoms with Gasteiger partial charge in [0.15, 0.2) is 0 Å². The molecular weight excluding hydrogens is 305 g/mol. The molecule has 0 spiro atoms. The highest BCUT2D eigenvalue weighted by Gasteiger charge is 2.13. The van der Waals surface area contributed by atoms with Gasteiger partial charge in [0.1, 0.15) is 5.75 Å². The third-order valence-electron chi connectivity index (χ3n) is 1.44. The van der Waals surface area contributed by atoms with Crippen LogP contribution >= 0.6 is 35.2 Å². The number of non-ortho nitro benzene ring substituents is 1. The Morgan fingerprint density at radius 1 is 1.62 bits per heavy atom. The van der Waals surface area contributed by atoms with E-state index in [9.17, 15) is 10.1 Å². The summed E-state index contributed by atoms with van der Waals surface area (Å²) in [5, 5.41) is 10.5. The highest BCUT2D eigenvalue weighted by Crippen LogP contribution is 2.32. The van der Waals surface area contributed by atoms with E-state index in [2.05, 4.69) is 12.6 Å². The lowest BCUT2D eigenvalue weighted by molar-refractivity contribution is -0.385. The van der Waals surface area contributed by atoms with Crippen molar-refractivity contribution in [1.82, 2.24) is 0 Å². The van der Waals surface area contributed by atoms with Gasteiger partial charge in [-0.2, -0.15) is 0 Å². The molecule has 0 unspecified atom stereocenters. The molecule has 4 nitrogen and oxygen atoms in total. The molecule has 0 radical (unpaired) electrons. The molecule has 0 saturated heterocycles. The number of methoxy groups -OCH3 is 1. The zero-order chi connectivity index (χ0) is 10.0. The summed E-state index contributed by atoms with van der Waals surface area (Å²) in [6.07, 6.45) is 0. The van der Waals surface area contributed by atoms with E-state index in [0.29, 0.717) is 14.2 Å². The van der Waals surface area contributed by atoms with Gasteiger partial charge in [0.25, 0.3) is 5.69 Å². The Balaban J connectivity index is 3.30. The second-order valence-corrected chi connectivity index (χ2v) is 3.84. The van der Waals surface area contributed by atoms with Crippen molar-refractivity contribution in [2.75, 3.05) is 7.11 Å². The van der Waals surface area contributed by atoms with Gasteiger partial charge in [0.05, 0.1) is 23.0 Å². The van der Waals surface area contributed by atoms with Crippen LogP contribution in [0.3, 0.4) is 0 Å². The van der Waals surface area contributed by atoms with Crippen molar-refractivity contribution in [1.29, 1.82) is 0 Å². The number of nitro groups is 1. The minimum Gasteiger partial charge on any atom is -0.495 e. The van der Waals surface area contributed by atoms with E-state index in [1.54, 1.807) is 0 Å². The number of nitrogens with zero attached hydrogens (tertiary/aromatic N) is 1. The molecule has 0 heterocycles. The molecule has 0 amide bonds. The first-order valence-corrected chi connectivity index (χ1v) is 4.79. The lowest BCUT2D eigenvalue weighted by Gasteiger charge is -2.04. The molecule has 6 heteroatoms. The molecule has 0 aliphatic heterocycles. The minimum absolute atomic E-state index is 0.0130. The smallest absolute Gasteiger partial charge is 0.274 e. The highest BCUT2D eigenvalue weighted by molar-refractivity contribution is 14.1. The standard InChI is InChI=1S/C7H6INO3S/c1-12-6-3-4(9(10)11)2-5(8)7(6)13/h2-3,13H,1H3. The fourth-order valence-corrected chi connectivity index (χ4v) is 1.63. The number of rotatable bonds is 2. The van der Waals surface area contributed by atoms with Gasteiger partial charge in [-0.3, -0.25) is 10.1 Å². The van der Waals surface area contributed by atoms with E-state index in [1.165, 1.54) is 19.2 Å². The second-order valence-electron chi connectivity index (χ2n) is 2.24. The predicted molar refractivity (Wildman–Crippen MR) is 59.6 cm³/mol. The number of nitro benzene ring substituents is 1. The van der Waals surface area contributed by atoms with Crippen LogP contribution in [0.2, 0.25) is 0 Å². The average molecular weight is 311 g/mol. The van der Waals surface area contributed by atoms with E-state index >= 15 is 0 Å². The van der Waals surface area contributed by atoms with Gasteiger partial charge < -0.3 is 4.74 Å². The molecule has 70 valence electrons. The van der Waals surface area contributed by atoms with Crippen molar-refractivity contribution in [3.63, 3.8) is 0 Å². The molecule has 0 atom stereocenters. The fourth-order valence-electron chi connectivity index (χ4n) is 0.821. The monoisotopic (exact) mass is 311 g/mol. The number of ether oxygens (including phenoxy) is 1. The van der Waals surface area contributed by atoms with E-state index < -0.39 is 4.92 Å². The van der Waals surface area contributed by atoms with E-state index in [-0.39, 0.29) is 5.69 Å². The van der Waals surface area contributed by atoms with Crippen molar-refractivity contribution in [2.45, 2.75) is 4.90 Å².